The molecule has 36 heavy (non-hydrogen) atoms. The van der Waals surface area contributed by atoms with Crippen LogP contribution >= 0.6 is 11.6 Å². The molecule has 0 saturated carbocycles. The first-order valence-corrected chi connectivity index (χ1v) is 12.7. The monoisotopic (exact) mass is 528 g/mol. The van der Waals surface area contributed by atoms with Gasteiger partial charge >= 0.3 is 0 Å². The molecule has 0 fully saturated rings. The van der Waals surface area contributed by atoms with E-state index in [1.54, 1.807) is 18.3 Å². The number of nitrogens with zero attached hydrogens (tertiary/aromatic N) is 1. The third-order valence-electron chi connectivity index (χ3n) is 5.07. The van der Waals surface area contributed by atoms with Crippen LogP contribution in [0.2, 0.25) is 5.02 Å². The fourth-order valence-corrected chi connectivity index (χ4v) is 4.55. The number of aromatic nitrogens is 1. The largest absolute Gasteiger partial charge is 0.484 e. The van der Waals surface area contributed by atoms with Gasteiger partial charge in [0.05, 0.1) is 10.4 Å². The van der Waals surface area contributed by atoms with Gasteiger partial charge in [-0.05, 0) is 72.8 Å². The predicted octanol–water partition coefficient (Wildman–Crippen LogP) is 4.44. The molecule has 186 valence electrons. The number of ether oxygens (including phenoxy) is 1. The van der Waals surface area contributed by atoms with E-state index in [9.17, 15) is 17.6 Å². The molecule has 8 nitrogen and oxygen atoms in total. The van der Waals surface area contributed by atoms with Crippen LogP contribution < -0.4 is 20.1 Å². The van der Waals surface area contributed by atoms with Crippen molar-refractivity contribution in [3.63, 3.8) is 0 Å². The average molecular weight is 529 g/mol. The van der Waals surface area contributed by atoms with Crippen molar-refractivity contribution in [3.8, 4) is 5.75 Å². The fourth-order valence-electron chi connectivity index (χ4n) is 3.32. The zero-order valence-electron chi connectivity index (χ0n) is 18.9. The number of rotatable bonds is 10. The van der Waals surface area contributed by atoms with Crippen LogP contribution in [0.4, 0.5) is 15.8 Å². The van der Waals surface area contributed by atoms with Crippen molar-refractivity contribution < 1.29 is 22.3 Å². The summed E-state index contributed by atoms with van der Waals surface area (Å²) in [5, 5.41) is 7.54. The molecule has 0 saturated heterocycles. The van der Waals surface area contributed by atoms with Gasteiger partial charge in [-0.2, -0.15) is 0 Å². The van der Waals surface area contributed by atoms with Crippen molar-refractivity contribution >= 4 is 49.8 Å². The molecule has 4 rings (SSSR count). The van der Waals surface area contributed by atoms with Crippen LogP contribution in [0, 0.1) is 5.82 Å². The summed E-state index contributed by atoms with van der Waals surface area (Å²) in [6, 6.07) is 17.9. The van der Waals surface area contributed by atoms with Gasteiger partial charge in [0.2, 0.25) is 0 Å². The van der Waals surface area contributed by atoms with E-state index in [4.69, 9.17) is 16.3 Å². The molecule has 0 atom stereocenters. The molecule has 0 spiro atoms. The smallest absolute Gasteiger partial charge is 0.261 e. The van der Waals surface area contributed by atoms with E-state index in [0.29, 0.717) is 23.9 Å². The summed E-state index contributed by atoms with van der Waals surface area (Å²) >= 11 is 6.01. The number of anilines is 2. The molecule has 3 N–H and O–H groups in total. The van der Waals surface area contributed by atoms with Gasteiger partial charge in [0.1, 0.15) is 11.6 Å². The minimum absolute atomic E-state index is 0.000563. The maximum Gasteiger partial charge on any atom is 0.261 e. The van der Waals surface area contributed by atoms with E-state index in [-0.39, 0.29) is 23.1 Å². The standard InChI is InChI=1S/C25H22ClFN4O4S/c26-17-1-10-22-23(11-12-28-24(22)15-17)29-13-14-30-25(32)16-35-20-6-8-21(9-7-20)36(33,34)31-19-4-2-18(27)3-5-19/h1-12,15,31H,13-14,16H2,(H,28,29)(H,30,32). The van der Waals surface area contributed by atoms with Crippen LogP contribution in [-0.4, -0.2) is 39.0 Å². The minimum atomic E-state index is -3.85. The maximum atomic E-state index is 13.0. The van der Waals surface area contributed by atoms with Crippen molar-refractivity contribution in [1.82, 2.24) is 10.3 Å². The van der Waals surface area contributed by atoms with Gasteiger partial charge in [0, 0.05) is 41.1 Å². The molecule has 0 unspecified atom stereocenters. The number of hydrogen-bond acceptors (Lipinski definition) is 6. The highest BCUT2D eigenvalue weighted by atomic mass is 35.5. The first-order valence-electron chi connectivity index (χ1n) is 10.9. The molecule has 0 aliphatic heterocycles. The lowest BCUT2D eigenvalue weighted by Gasteiger charge is -2.11. The number of carbonyl (C=O) groups is 1. The van der Waals surface area contributed by atoms with Crippen LogP contribution in [0.5, 0.6) is 5.75 Å². The second kappa shape index (κ2) is 11.2. The lowest BCUT2D eigenvalue weighted by molar-refractivity contribution is -0.123. The van der Waals surface area contributed by atoms with Gasteiger partial charge in [-0.25, -0.2) is 12.8 Å². The Bertz CT molecular complexity index is 1470. The molecule has 1 amide bonds. The number of benzene rings is 3. The summed E-state index contributed by atoms with van der Waals surface area (Å²) in [5.74, 6) is -0.448. The van der Waals surface area contributed by atoms with E-state index < -0.39 is 15.8 Å². The number of amides is 1. The van der Waals surface area contributed by atoms with Crippen molar-refractivity contribution in [2.45, 2.75) is 4.90 Å². The Hall–Kier alpha value is -3.89. The Labute approximate surface area is 212 Å². The summed E-state index contributed by atoms with van der Waals surface area (Å²) < 4.78 is 45.8. The molecule has 0 radical (unpaired) electrons. The SMILES string of the molecule is O=C(COc1ccc(S(=O)(=O)Nc2ccc(F)cc2)cc1)NCCNc1ccnc2cc(Cl)ccc12. The Morgan fingerprint density at radius 3 is 2.47 bits per heavy atom. The Morgan fingerprint density at radius 2 is 1.72 bits per heavy atom. The summed E-state index contributed by atoms with van der Waals surface area (Å²) in [4.78, 5) is 16.4. The third-order valence-corrected chi connectivity index (χ3v) is 6.70. The van der Waals surface area contributed by atoms with E-state index >= 15 is 0 Å². The number of fused-ring (bicyclic) bond motifs is 1. The van der Waals surface area contributed by atoms with Gasteiger partial charge in [-0.15, -0.1) is 0 Å². The van der Waals surface area contributed by atoms with Crippen molar-refractivity contribution in [2.24, 2.45) is 0 Å². The van der Waals surface area contributed by atoms with Gasteiger partial charge in [-0.1, -0.05) is 11.6 Å². The van der Waals surface area contributed by atoms with Crippen LogP contribution in [0.1, 0.15) is 0 Å². The molecule has 0 aliphatic rings. The van der Waals surface area contributed by atoms with E-state index in [1.807, 2.05) is 12.1 Å². The molecule has 11 heteroatoms. The quantitative estimate of drug-likeness (QED) is 0.263. The van der Waals surface area contributed by atoms with Crippen molar-refractivity contribution in [2.75, 3.05) is 29.7 Å². The first-order chi connectivity index (χ1) is 17.3. The van der Waals surface area contributed by atoms with Gasteiger partial charge < -0.3 is 15.4 Å². The van der Waals surface area contributed by atoms with E-state index in [0.717, 1.165) is 28.7 Å². The van der Waals surface area contributed by atoms with Crippen molar-refractivity contribution in [1.29, 1.82) is 0 Å². The topological polar surface area (TPSA) is 109 Å². The third kappa shape index (κ3) is 6.61. The number of halogens is 2. The number of sulfonamides is 1. The van der Waals surface area contributed by atoms with E-state index in [1.165, 1.54) is 36.4 Å². The number of carbonyl (C=O) groups excluding carboxylic acids is 1. The average Bonchev–Trinajstić information content (AvgIpc) is 2.86. The molecular weight excluding hydrogens is 507 g/mol. The van der Waals surface area contributed by atoms with Crippen LogP contribution in [0.3, 0.4) is 0 Å². The second-order valence-corrected chi connectivity index (χ2v) is 9.79. The summed E-state index contributed by atoms with van der Waals surface area (Å²) in [5.41, 5.74) is 1.89. The van der Waals surface area contributed by atoms with Gasteiger partial charge in [0.15, 0.2) is 6.61 Å². The molecule has 1 aromatic heterocycles. The predicted molar refractivity (Wildman–Crippen MR) is 137 cm³/mol. The highest BCUT2D eigenvalue weighted by molar-refractivity contribution is 7.92. The molecule has 3 aromatic carbocycles. The van der Waals surface area contributed by atoms with Crippen LogP contribution in [-0.2, 0) is 14.8 Å². The van der Waals surface area contributed by atoms with Gasteiger partial charge in [-0.3, -0.25) is 14.5 Å². The first kappa shape index (κ1) is 25.2. The summed E-state index contributed by atoms with van der Waals surface area (Å²) in [7, 11) is -3.85. The van der Waals surface area contributed by atoms with E-state index in [2.05, 4.69) is 20.3 Å². The maximum absolute atomic E-state index is 13.0. The summed E-state index contributed by atoms with van der Waals surface area (Å²) in [6.45, 7) is 0.629. The minimum Gasteiger partial charge on any atom is -0.484 e. The molecule has 0 bridgehead atoms. The molecular formula is C25H22ClFN4O4S. The molecule has 4 aromatic rings. The van der Waals surface area contributed by atoms with Crippen LogP contribution in [0.25, 0.3) is 10.9 Å². The number of pyridine rings is 1. The molecule has 1 heterocycles. The Morgan fingerprint density at radius 1 is 0.972 bits per heavy atom. The lowest BCUT2D eigenvalue weighted by Crippen LogP contribution is -2.32. The normalized spacial score (nSPS) is 11.2. The number of hydrogen-bond donors (Lipinski definition) is 3. The van der Waals surface area contributed by atoms with Gasteiger partial charge in [0.25, 0.3) is 15.9 Å². The Kier molecular flexibility index (Phi) is 7.87. The Balaban J connectivity index is 1.22. The zero-order chi connectivity index (χ0) is 25.5. The molecule has 0 aliphatic carbocycles. The van der Waals surface area contributed by atoms with Crippen molar-refractivity contribution in [3.05, 3.63) is 89.8 Å². The zero-order valence-corrected chi connectivity index (χ0v) is 20.4. The fraction of sp³-hybridized carbons (Fsp3) is 0.120. The summed E-state index contributed by atoms with van der Waals surface area (Å²) in [6.07, 6.45) is 1.68. The highest BCUT2D eigenvalue weighted by Crippen LogP contribution is 2.24. The second-order valence-electron chi connectivity index (χ2n) is 7.67. The number of nitrogens with one attached hydrogen (secondary N) is 3. The van der Waals surface area contributed by atoms with Crippen LogP contribution in [0.15, 0.2) is 83.9 Å². The lowest BCUT2D eigenvalue weighted by atomic mass is 10.2. The highest BCUT2D eigenvalue weighted by Gasteiger charge is 2.14.